The van der Waals surface area contributed by atoms with E-state index in [2.05, 4.69) is 13.8 Å². The van der Waals surface area contributed by atoms with Crippen molar-refractivity contribution in [2.75, 3.05) is 21.3 Å². The number of carbonyl (C=O) groups is 1. The summed E-state index contributed by atoms with van der Waals surface area (Å²) in [6, 6.07) is 0. The van der Waals surface area contributed by atoms with Gasteiger partial charge in [-0.3, -0.25) is 4.57 Å². The second-order valence-electron chi connectivity index (χ2n) is 1.90. The summed E-state index contributed by atoms with van der Waals surface area (Å²) in [5, 5.41) is 0. The van der Waals surface area contributed by atoms with E-state index in [4.69, 9.17) is 23.2 Å². The van der Waals surface area contributed by atoms with E-state index < -0.39 is 17.6 Å². The van der Waals surface area contributed by atoms with Gasteiger partial charge in [0.15, 0.2) is 0 Å². The van der Waals surface area contributed by atoms with Gasteiger partial charge in [-0.15, -0.1) is 0 Å². The molecule has 0 aliphatic rings. The Bertz CT molecular complexity index is 233. The molecule has 0 rings (SSSR count). The lowest BCUT2D eigenvalue weighted by Gasteiger charge is -2.23. The number of alkyl halides is 2. The van der Waals surface area contributed by atoms with Gasteiger partial charge in [0, 0.05) is 14.2 Å². The summed E-state index contributed by atoms with van der Waals surface area (Å²) < 4.78 is 22.3. The Hall–Kier alpha value is 0.200. The molecule has 0 unspecified atom stereocenters. The molecule has 0 spiro atoms. The number of halogens is 2. The van der Waals surface area contributed by atoms with Gasteiger partial charge < -0.3 is 13.8 Å². The minimum atomic E-state index is -3.90. The van der Waals surface area contributed by atoms with Crippen LogP contribution in [0.1, 0.15) is 0 Å². The molecule has 0 atom stereocenters. The van der Waals surface area contributed by atoms with Gasteiger partial charge in [0.05, 0.1) is 7.11 Å². The van der Waals surface area contributed by atoms with Crippen molar-refractivity contribution in [1.82, 2.24) is 0 Å². The van der Waals surface area contributed by atoms with Gasteiger partial charge >= 0.3 is 17.6 Å². The summed E-state index contributed by atoms with van der Waals surface area (Å²) >= 11 is 10.9. The van der Waals surface area contributed by atoms with Gasteiger partial charge in [-0.2, -0.15) is 0 Å². The summed E-state index contributed by atoms with van der Waals surface area (Å²) in [6.07, 6.45) is 0. The van der Waals surface area contributed by atoms with E-state index >= 15 is 0 Å². The number of methoxy groups -OCH3 is 1. The number of hydrogen-bond donors (Lipinski definition) is 0. The zero-order valence-electron chi connectivity index (χ0n) is 7.24. The van der Waals surface area contributed by atoms with Gasteiger partial charge in [0.25, 0.3) is 0 Å². The zero-order valence-corrected chi connectivity index (χ0v) is 9.65. The van der Waals surface area contributed by atoms with Crippen LogP contribution in [0.5, 0.6) is 0 Å². The third-order valence-electron chi connectivity index (χ3n) is 1.26. The Morgan fingerprint density at radius 3 is 1.85 bits per heavy atom. The van der Waals surface area contributed by atoms with Gasteiger partial charge in [-0.1, -0.05) is 23.2 Å². The number of carbonyl (C=O) groups excluding carboxylic acids is 1. The van der Waals surface area contributed by atoms with Crippen LogP contribution < -0.4 is 0 Å². The number of rotatable bonds is 4. The Balaban J connectivity index is 5.00. The molecule has 0 saturated heterocycles. The minimum absolute atomic E-state index is 1.05. The third-order valence-corrected chi connectivity index (χ3v) is 4.64. The lowest BCUT2D eigenvalue weighted by Crippen LogP contribution is -2.28. The van der Waals surface area contributed by atoms with Crippen LogP contribution in [0.3, 0.4) is 0 Å². The SMILES string of the molecule is COC(=O)C(Cl)(Cl)P(=O)(OC)OC. The predicted molar refractivity (Wildman–Crippen MR) is 48.1 cm³/mol. The molecule has 0 N–H and O–H groups in total. The first-order valence-corrected chi connectivity index (χ1v) is 5.33. The lowest BCUT2D eigenvalue weighted by atomic mass is 10.8. The normalized spacial score (nSPS) is 12.7. The number of esters is 1. The number of hydrogen-bond acceptors (Lipinski definition) is 5. The molecule has 78 valence electrons. The van der Waals surface area contributed by atoms with Crippen LogP contribution >= 0.6 is 30.8 Å². The van der Waals surface area contributed by atoms with Gasteiger partial charge in [-0.25, -0.2) is 4.79 Å². The van der Waals surface area contributed by atoms with Crippen LogP contribution in [-0.2, 0) is 23.1 Å². The maximum Gasteiger partial charge on any atom is 0.377 e. The highest BCUT2D eigenvalue weighted by Crippen LogP contribution is 2.63. The van der Waals surface area contributed by atoms with E-state index in [1.807, 2.05) is 0 Å². The quantitative estimate of drug-likeness (QED) is 0.433. The molecule has 0 aromatic heterocycles. The van der Waals surface area contributed by atoms with Crippen molar-refractivity contribution in [3.05, 3.63) is 0 Å². The molecule has 0 bridgehead atoms. The molecule has 13 heavy (non-hydrogen) atoms. The highest BCUT2D eigenvalue weighted by molar-refractivity contribution is 7.61. The van der Waals surface area contributed by atoms with Gasteiger partial charge in [-0.05, 0) is 0 Å². The predicted octanol–water partition coefficient (Wildman–Crippen LogP) is 1.78. The monoisotopic (exact) mass is 250 g/mol. The lowest BCUT2D eigenvalue weighted by molar-refractivity contribution is -0.139. The Kier molecular flexibility index (Phi) is 4.69. The van der Waals surface area contributed by atoms with Crippen LogP contribution in [0, 0.1) is 0 Å². The molecule has 0 amide bonds. The van der Waals surface area contributed by atoms with Crippen molar-refractivity contribution in [1.29, 1.82) is 0 Å². The summed E-state index contributed by atoms with van der Waals surface area (Å²) in [5.74, 6) is -1.09. The summed E-state index contributed by atoms with van der Waals surface area (Å²) in [5.41, 5.74) is 0. The van der Waals surface area contributed by atoms with Crippen LogP contribution in [0.25, 0.3) is 0 Å². The van der Waals surface area contributed by atoms with E-state index in [9.17, 15) is 9.36 Å². The molecular formula is C5H9Cl2O5P. The maximum atomic E-state index is 11.6. The summed E-state index contributed by atoms with van der Waals surface area (Å²) in [6.45, 7) is 0. The van der Waals surface area contributed by atoms with Crippen LogP contribution in [-0.4, -0.2) is 31.4 Å². The van der Waals surface area contributed by atoms with E-state index in [1.54, 1.807) is 0 Å². The smallest absolute Gasteiger partial charge is 0.377 e. The fourth-order valence-electron chi connectivity index (χ4n) is 0.538. The molecule has 0 heterocycles. The molecule has 0 aliphatic heterocycles. The average Bonchev–Trinajstić information content (AvgIpc) is 2.14. The fourth-order valence-corrected chi connectivity index (χ4v) is 2.44. The van der Waals surface area contributed by atoms with Gasteiger partial charge in [0.1, 0.15) is 0 Å². The first-order valence-electron chi connectivity index (χ1n) is 3.03. The fraction of sp³-hybridized carbons (Fsp3) is 0.800. The van der Waals surface area contributed by atoms with E-state index in [1.165, 1.54) is 0 Å². The first-order chi connectivity index (χ1) is 5.85. The van der Waals surface area contributed by atoms with E-state index in [0.717, 1.165) is 21.3 Å². The Labute approximate surface area is 85.8 Å². The van der Waals surface area contributed by atoms with E-state index in [-0.39, 0.29) is 0 Å². The highest BCUT2D eigenvalue weighted by Gasteiger charge is 2.55. The summed E-state index contributed by atoms with van der Waals surface area (Å²) in [7, 11) is -0.723. The second kappa shape index (κ2) is 4.62. The van der Waals surface area contributed by atoms with Crippen molar-refractivity contribution < 1.29 is 23.1 Å². The van der Waals surface area contributed by atoms with Crippen molar-refractivity contribution in [2.45, 2.75) is 4.07 Å². The van der Waals surface area contributed by atoms with E-state index in [0.29, 0.717) is 0 Å². The van der Waals surface area contributed by atoms with Crippen molar-refractivity contribution in [2.24, 2.45) is 0 Å². The standard InChI is InChI=1S/C5H9Cl2O5P/c1-10-4(8)5(6,7)13(9,11-2)12-3/h1-3H3. The third kappa shape index (κ3) is 2.36. The minimum Gasteiger partial charge on any atom is -0.466 e. The van der Waals surface area contributed by atoms with Crippen molar-refractivity contribution in [3.8, 4) is 0 Å². The molecular weight excluding hydrogens is 242 g/mol. The Morgan fingerprint density at radius 2 is 1.62 bits per heavy atom. The van der Waals surface area contributed by atoms with Crippen molar-refractivity contribution in [3.63, 3.8) is 0 Å². The summed E-state index contributed by atoms with van der Waals surface area (Å²) in [4.78, 5) is 11.0. The van der Waals surface area contributed by atoms with Crippen LogP contribution in [0.15, 0.2) is 0 Å². The molecule has 5 nitrogen and oxygen atoms in total. The average molecular weight is 251 g/mol. The molecule has 0 radical (unpaired) electrons. The Morgan fingerprint density at radius 1 is 1.23 bits per heavy atom. The topological polar surface area (TPSA) is 61.8 Å². The van der Waals surface area contributed by atoms with Crippen LogP contribution in [0.2, 0.25) is 0 Å². The first kappa shape index (κ1) is 13.2. The second-order valence-corrected chi connectivity index (χ2v) is 6.15. The molecule has 0 aliphatic carbocycles. The van der Waals surface area contributed by atoms with Crippen molar-refractivity contribution >= 4 is 36.8 Å². The molecule has 8 heteroatoms. The zero-order chi connectivity index (χ0) is 10.7. The van der Waals surface area contributed by atoms with Crippen LogP contribution in [0.4, 0.5) is 0 Å². The molecule has 0 saturated carbocycles. The molecule has 0 aromatic carbocycles. The largest absolute Gasteiger partial charge is 0.466 e. The maximum absolute atomic E-state index is 11.6. The van der Waals surface area contributed by atoms with Gasteiger partial charge in [0.2, 0.25) is 0 Å². The molecule has 0 aromatic rings. The molecule has 0 fully saturated rings. The number of ether oxygens (including phenoxy) is 1. The highest BCUT2D eigenvalue weighted by atomic mass is 35.5.